The van der Waals surface area contributed by atoms with Gasteiger partial charge in [0, 0.05) is 24.2 Å². The van der Waals surface area contributed by atoms with E-state index >= 15 is 0 Å². The number of rotatable bonds is 3. The summed E-state index contributed by atoms with van der Waals surface area (Å²) < 4.78 is 0. The molecule has 8 heteroatoms. The fraction of sp³-hybridized carbons (Fsp3) is 0.125. The lowest BCUT2D eigenvalue weighted by atomic mass is 10.1. The van der Waals surface area contributed by atoms with Gasteiger partial charge >= 0.3 is 0 Å². The Morgan fingerprint density at radius 3 is 2.62 bits per heavy atom. The summed E-state index contributed by atoms with van der Waals surface area (Å²) in [7, 11) is 0. The number of nitro benzene ring substituents is 1. The molecule has 2 N–H and O–H groups in total. The lowest BCUT2D eigenvalue weighted by molar-refractivity contribution is -0.384. The van der Waals surface area contributed by atoms with E-state index in [1.54, 1.807) is 24.3 Å². The fourth-order valence-corrected chi connectivity index (χ4v) is 2.98. The standard InChI is InChI=1S/C16H12ClN3O4/c17-12-6-5-10(20(23)24)8-11(12)16(22)19-13-4-2-1-3-9(13)7-14(19)15(18)21/h1-6,8,14H,7H2,(H2,18,21). The second-order valence-corrected chi connectivity index (χ2v) is 5.75. The number of hydrogen-bond acceptors (Lipinski definition) is 4. The number of nitrogens with two attached hydrogens (primary N) is 1. The normalized spacial score (nSPS) is 15.9. The number of anilines is 1. The Morgan fingerprint density at radius 2 is 1.96 bits per heavy atom. The topological polar surface area (TPSA) is 107 Å². The zero-order chi connectivity index (χ0) is 17.4. The highest BCUT2D eigenvalue weighted by Crippen LogP contribution is 2.35. The minimum Gasteiger partial charge on any atom is -0.368 e. The summed E-state index contributed by atoms with van der Waals surface area (Å²) in [4.78, 5) is 36.3. The molecule has 1 unspecified atom stereocenters. The Labute approximate surface area is 141 Å². The van der Waals surface area contributed by atoms with Gasteiger partial charge in [-0.3, -0.25) is 24.6 Å². The van der Waals surface area contributed by atoms with E-state index in [1.165, 1.54) is 17.0 Å². The molecule has 0 saturated heterocycles. The molecule has 1 atom stereocenters. The number of fused-ring (bicyclic) bond motifs is 1. The van der Waals surface area contributed by atoms with E-state index in [0.717, 1.165) is 11.6 Å². The van der Waals surface area contributed by atoms with Gasteiger partial charge in [-0.25, -0.2) is 0 Å². The van der Waals surface area contributed by atoms with E-state index < -0.39 is 22.8 Å². The van der Waals surface area contributed by atoms with Gasteiger partial charge in [-0.1, -0.05) is 29.8 Å². The smallest absolute Gasteiger partial charge is 0.270 e. The molecule has 2 amide bonds. The second kappa shape index (κ2) is 5.93. The maximum absolute atomic E-state index is 12.9. The molecule has 0 aromatic heterocycles. The van der Waals surface area contributed by atoms with Crippen LogP contribution in [-0.4, -0.2) is 22.8 Å². The number of primary amides is 1. The van der Waals surface area contributed by atoms with Crippen LogP contribution in [0.3, 0.4) is 0 Å². The molecule has 1 heterocycles. The molecular weight excluding hydrogens is 334 g/mol. The van der Waals surface area contributed by atoms with Crippen molar-refractivity contribution in [3.8, 4) is 0 Å². The van der Waals surface area contributed by atoms with Crippen LogP contribution in [0.25, 0.3) is 0 Å². The molecule has 1 aliphatic rings. The van der Waals surface area contributed by atoms with Crippen LogP contribution >= 0.6 is 11.6 Å². The first kappa shape index (κ1) is 15.9. The Bertz CT molecular complexity index is 868. The number of non-ortho nitro benzene ring substituents is 1. The quantitative estimate of drug-likeness (QED) is 0.680. The van der Waals surface area contributed by atoms with Crippen LogP contribution in [0.5, 0.6) is 0 Å². The molecule has 0 fully saturated rings. The van der Waals surface area contributed by atoms with Gasteiger partial charge in [0.25, 0.3) is 11.6 Å². The van der Waals surface area contributed by atoms with Crippen molar-refractivity contribution in [2.45, 2.75) is 12.5 Å². The van der Waals surface area contributed by atoms with Crippen LogP contribution in [0.2, 0.25) is 5.02 Å². The van der Waals surface area contributed by atoms with E-state index in [1.807, 2.05) is 0 Å². The fourth-order valence-electron chi connectivity index (χ4n) is 2.79. The van der Waals surface area contributed by atoms with Crippen LogP contribution in [-0.2, 0) is 11.2 Å². The third kappa shape index (κ3) is 2.59. The summed E-state index contributed by atoms with van der Waals surface area (Å²) in [6, 6.07) is 9.77. The van der Waals surface area contributed by atoms with Crippen molar-refractivity contribution >= 4 is 34.8 Å². The molecule has 0 bridgehead atoms. The molecule has 2 aromatic rings. The number of carbonyl (C=O) groups is 2. The molecule has 0 aliphatic carbocycles. The van der Waals surface area contributed by atoms with Crippen LogP contribution in [0.15, 0.2) is 42.5 Å². The molecule has 0 radical (unpaired) electrons. The number of halogens is 1. The molecule has 1 aliphatic heterocycles. The van der Waals surface area contributed by atoms with Crippen molar-refractivity contribution in [2.75, 3.05) is 4.90 Å². The summed E-state index contributed by atoms with van der Waals surface area (Å²) in [6.45, 7) is 0. The Morgan fingerprint density at radius 1 is 1.25 bits per heavy atom. The Balaban J connectivity index is 2.10. The van der Waals surface area contributed by atoms with Crippen molar-refractivity contribution in [2.24, 2.45) is 5.73 Å². The third-order valence-electron chi connectivity index (χ3n) is 3.91. The second-order valence-electron chi connectivity index (χ2n) is 5.35. The lowest BCUT2D eigenvalue weighted by Gasteiger charge is -2.23. The number of nitro groups is 1. The highest BCUT2D eigenvalue weighted by molar-refractivity contribution is 6.35. The molecule has 3 rings (SSSR count). The Kier molecular flexibility index (Phi) is 3.94. The molecule has 2 aromatic carbocycles. The molecule has 24 heavy (non-hydrogen) atoms. The van der Waals surface area contributed by atoms with E-state index in [-0.39, 0.29) is 16.3 Å². The third-order valence-corrected chi connectivity index (χ3v) is 4.24. The number of carbonyl (C=O) groups excluding carboxylic acids is 2. The summed E-state index contributed by atoms with van der Waals surface area (Å²) in [6.07, 6.45) is 0.295. The van der Waals surface area contributed by atoms with Gasteiger partial charge in [-0.05, 0) is 17.7 Å². The monoisotopic (exact) mass is 345 g/mol. The van der Waals surface area contributed by atoms with Gasteiger partial charge in [0.05, 0.1) is 15.5 Å². The van der Waals surface area contributed by atoms with Crippen molar-refractivity contribution in [1.29, 1.82) is 0 Å². The first-order valence-corrected chi connectivity index (χ1v) is 7.42. The van der Waals surface area contributed by atoms with Crippen molar-refractivity contribution in [3.05, 3.63) is 68.7 Å². The van der Waals surface area contributed by atoms with Gasteiger partial charge < -0.3 is 5.73 Å². The van der Waals surface area contributed by atoms with E-state index in [0.29, 0.717) is 12.1 Å². The van der Waals surface area contributed by atoms with E-state index in [9.17, 15) is 19.7 Å². The zero-order valence-corrected chi connectivity index (χ0v) is 13.1. The van der Waals surface area contributed by atoms with Crippen LogP contribution in [0.4, 0.5) is 11.4 Å². The summed E-state index contributed by atoms with van der Waals surface area (Å²) in [5, 5.41) is 11.0. The predicted octanol–water partition coefficient (Wildman–Crippen LogP) is 2.30. The predicted molar refractivity (Wildman–Crippen MR) is 88.0 cm³/mol. The number of amides is 2. The lowest BCUT2D eigenvalue weighted by Crippen LogP contribution is -2.46. The van der Waals surface area contributed by atoms with Gasteiger partial charge in [-0.2, -0.15) is 0 Å². The average molecular weight is 346 g/mol. The summed E-state index contributed by atoms with van der Waals surface area (Å²) >= 11 is 6.04. The molecule has 122 valence electrons. The number of nitrogens with zero attached hydrogens (tertiary/aromatic N) is 2. The van der Waals surface area contributed by atoms with Gasteiger partial charge in [0.15, 0.2) is 0 Å². The van der Waals surface area contributed by atoms with Crippen LogP contribution in [0.1, 0.15) is 15.9 Å². The summed E-state index contributed by atoms with van der Waals surface area (Å²) in [5.74, 6) is -1.25. The van der Waals surface area contributed by atoms with Gasteiger partial charge in [-0.15, -0.1) is 0 Å². The number of benzene rings is 2. The van der Waals surface area contributed by atoms with Crippen molar-refractivity contribution in [3.63, 3.8) is 0 Å². The maximum atomic E-state index is 12.9. The van der Waals surface area contributed by atoms with E-state index in [4.69, 9.17) is 17.3 Å². The summed E-state index contributed by atoms with van der Waals surface area (Å²) in [5.41, 5.74) is 6.47. The van der Waals surface area contributed by atoms with Gasteiger partial charge in [0.2, 0.25) is 5.91 Å². The zero-order valence-electron chi connectivity index (χ0n) is 12.3. The molecule has 0 spiro atoms. The minimum atomic E-state index is -0.856. The highest BCUT2D eigenvalue weighted by Gasteiger charge is 2.38. The minimum absolute atomic E-state index is 0.0474. The van der Waals surface area contributed by atoms with Crippen molar-refractivity contribution in [1.82, 2.24) is 0 Å². The van der Waals surface area contributed by atoms with E-state index in [2.05, 4.69) is 0 Å². The Hall–Kier alpha value is -2.93. The SMILES string of the molecule is NC(=O)C1Cc2ccccc2N1C(=O)c1cc([N+](=O)[O-])ccc1Cl. The van der Waals surface area contributed by atoms with Crippen LogP contribution in [0, 0.1) is 10.1 Å². The number of hydrogen-bond donors (Lipinski definition) is 1. The van der Waals surface area contributed by atoms with Gasteiger partial charge in [0.1, 0.15) is 6.04 Å². The first-order chi connectivity index (χ1) is 11.4. The number of para-hydroxylation sites is 1. The highest BCUT2D eigenvalue weighted by atomic mass is 35.5. The largest absolute Gasteiger partial charge is 0.368 e. The average Bonchev–Trinajstić information content (AvgIpc) is 2.94. The maximum Gasteiger partial charge on any atom is 0.270 e. The molecular formula is C16H12ClN3O4. The molecule has 0 saturated carbocycles. The van der Waals surface area contributed by atoms with Crippen LogP contribution < -0.4 is 10.6 Å². The first-order valence-electron chi connectivity index (χ1n) is 7.05. The van der Waals surface area contributed by atoms with Crippen molar-refractivity contribution < 1.29 is 14.5 Å². The molecule has 7 nitrogen and oxygen atoms in total.